The van der Waals surface area contributed by atoms with Gasteiger partial charge in [0.1, 0.15) is 0 Å². The van der Waals surface area contributed by atoms with Crippen LogP contribution in [0.3, 0.4) is 0 Å². The van der Waals surface area contributed by atoms with Crippen LogP contribution in [0.4, 0.5) is 0 Å². The molecule has 0 atom stereocenters. The van der Waals surface area contributed by atoms with Crippen LogP contribution < -0.4 is 5.73 Å². The third-order valence-corrected chi connectivity index (χ3v) is 3.08. The lowest BCUT2D eigenvalue weighted by Gasteiger charge is -2.31. The molecule has 1 rings (SSSR count). The molecule has 1 fully saturated rings. The Bertz CT molecular complexity index is 240. The van der Waals surface area contributed by atoms with Crippen LogP contribution >= 0.6 is 0 Å². The van der Waals surface area contributed by atoms with Crippen molar-refractivity contribution in [3.05, 3.63) is 11.6 Å². The molecule has 1 heterocycles. The first-order valence-electron chi connectivity index (χ1n) is 5.85. The number of hydrogen-bond donors (Lipinski definition) is 1. The Balaban J connectivity index is 2.46. The van der Waals surface area contributed by atoms with Crippen LogP contribution in [0.1, 0.15) is 33.1 Å². The van der Waals surface area contributed by atoms with Crippen LogP contribution in [-0.2, 0) is 4.79 Å². The van der Waals surface area contributed by atoms with E-state index < -0.39 is 0 Å². The fourth-order valence-corrected chi connectivity index (χ4v) is 2.01. The number of piperidine rings is 1. The molecule has 1 saturated heterocycles. The van der Waals surface area contributed by atoms with Crippen molar-refractivity contribution in [1.82, 2.24) is 4.90 Å². The molecule has 15 heavy (non-hydrogen) atoms. The summed E-state index contributed by atoms with van der Waals surface area (Å²) in [6, 6.07) is 0. The van der Waals surface area contributed by atoms with Gasteiger partial charge in [0.25, 0.3) is 0 Å². The van der Waals surface area contributed by atoms with Crippen molar-refractivity contribution >= 4 is 5.91 Å². The SMILES string of the molecule is CCC=C(C)C(=O)N1CCC(CN)CC1. The van der Waals surface area contributed by atoms with Crippen molar-refractivity contribution in [2.24, 2.45) is 11.7 Å². The van der Waals surface area contributed by atoms with Crippen LogP contribution in [-0.4, -0.2) is 30.4 Å². The second kappa shape index (κ2) is 5.91. The van der Waals surface area contributed by atoms with Crippen LogP contribution in [0.5, 0.6) is 0 Å². The second-order valence-electron chi connectivity index (χ2n) is 4.27. The number of allylic oxidation sites excluding steroid dienone is 1. The van der Waals surface area contributed by atoms with Gasteiger partial charge in [-0.1, -0.05) is 13.0 Å². The van der Waals surface area contributed by atoms with E-state index in [9.17, 15) is 4.79 Å². The van der Waals surface area contributed by atoms with Gasteiger partial charge in [0.15, 0.2) is 0 Å². The summed E-state index contributed by atoms with van der Waals surface area (Å²) >= 11 is 0. The van der Waals surface area contributed by atoms with Crippen molar-refractivity contribution in [2.75, 3.05) is 19.6 Å². The van der Waals surface area contributed by atoms with E-state index in [4.69, 9.17) is 5.73 Å². The lowest BCUT2D eigenvalue weighted by Crippen LogP contribution is -2.40. The number of rotatable bonds is 3. The monoisotopic (exact) mass is 210 g/mol. The van der Waals surface area contributed by atoms with Crippen molar-refractivity contribution in [3.63, 3.8) is 0 Å². The zero-order valence-electron chi connectivity index (χ0n) is 9.83. The smallest absolute Gasteiger partial charge is 0.249 e. The van der Waals surface area contributed by atoms with Gasteiger partial charge >= 0.3 is 0 Å². The largest absolute Gasteiger partial charge is 0.339 e. The van der Waals surface area contributed by atoms with Crippen molar-refractivity contribution in [1.29, 1.82) is 0 Å². The number of hydrogen-bond acceptors (Lipinski definition) is 2. The first-order chi connectivity index (χ1) is 7.19. The number of likely N-dealkylation sites (tertiary alicyclic amines) is 1. The molecule has 1 aliphatic rings. The summed E-state index contributed by atoms with van der Waals surface area (Å²) in [5.41, 5.74) is 6.50. The maximum Gasteiger partial charge on any atom is 0.249 e. The van der Waals surface area contributed by atoms with Crippen LogP contribution in [0, 0.1) is 5.92 Å². The van der Waals surface area contributed by atoms with Gasteiger partial charge in [-0.2, -0.15) is 0 Å². The zero-order valence-corrected chi connectivity index (χ0v) is 9.83. The molecule has 0 unspecified atom stereocenters. The van der Waals surface area contributed by atoms with E-state index >= 15 is 0 Å². The standard InChI is InChI=1S/C12H22N2O/c1-3-4-10(2)12(15)14-7-5-11(9-13)6-8-14/h4,11H,3,5-9,13H2,1-2H3. The minimum Gasteiger partial charge on any atom is -0.339 e. The maximum absolute atomic E-state index is 11.9. The highest BCUT2D eigenvalue weighted by Gasteiger charge is 2.22. The molecule has 3 heteroatoms. The minimum absolute atomic E-state index is 0.201. The number of carbonyl (C=O) groups is 1. The molecule has 0 aromatic rings. The highest BCUT2D eigenvalue weighted by atomic mass is 16.2. The second-order valence-corrected chi connectivity index (χ2v) is 4.27. The van der Waals surface area contributed by atoms with E-state index in [2.05, 4.69) is 6.92 Å². The Morgan fingerprint density at radius 2 is 2.07 bits per heavy atom. The van der Waals surface area contributed by atoms with Crippen LogP contribution in [0.15, 0.2) is 11.6 Å². The molecule has 1 amide bonds. The summed E-state index contributed by atoms with van der Waals surface area (Å²) in [6.45, 7) is 6.45. The normalized spacial score (nSPS) is 19.4. The summed E-state index contributed by atoms with van der Waals surface area (Å²) in [5, 5.41) is 0. The van der Waals surface area contributed by atoms with E-state index in [-0.39, 0.29) is 5.91 Å². The molecule has 0 aromatic heterocycles. The van der Waals surface area contributed by atoms with Gasteiger partial charge in [-0.3, -0.25) is 4.79 Å². The predicted molar refractivity (Wildman–Crippen MR) is 62.4 cm³/mol. The Kier molecular flexibility index (Phi) is 4.82. The number of amides is 1. The molecule has 1 aliphatic heterocycles. The minimum atomic E-state index is 0.201. The van der Waals surface area contributed by atoms with Crippen molar-refractivity contribution in [3.8, 4) is 0 Å². The van der Waals surface area contributed by atoms with Gasteiger partial charge < -0.3 is 10.6 Å². The number of nitrogens with zero attached hydrogens (tertiary/aromatic N) is 1. The van der Waals surface area contributed by atoms with Crippen molar-refractivity contribution < 1.29 is 4.79 Å². The van der Waals surface area contributed by atoms with E-state index in [0.29, 0.717) is 5.92 Å². The molecule has 86 valence electrons. The average molecular weight is 210 g/mol. The Labute approximate surface area is 92.3 Å². The van der Waals surface area contributed by atoms with Crippen molar-refractivity contribution in [2.45, 2.75) is 33.1 Å². The Morgan fingerprint density at radius 1 is 1.47 bits per heavy atom. The number of carbonyl (C=O) groups excluding carboxylic acids is 1. The molecule has 0 radical (unpaired) electrons. The lowest BCUT2D eigenvalue weighted by atomic mass is 9.96. The van der Waals surface area contributed by atoms with Crippen LogP contribution in [0.2, 0.25) is 0 Å². The van der Waals surface area contributed by atoms with E-state index in [1.807, 2.05) is 17.9 Å². The molecule has 3 nitrogen and oxygen atoms in total. The Hall–Kier alpha value is -0.830. The number of nitrogens with two attached hydrogens (primary N) is 1. The van der Waals surface area contributed by atoms with Gasteiger partial charge in [-0.15, -0.1) is 0 Å². The Morgan fingerprint density at radius 3 is 2.53 bits per heavy atom. The zero-order chi connectivity index (χ0) is 11.3. The van der Waals surface area contributed by atoms with Gasteiger partial charge in [0.2, 0.25) is 5.91 Å². The summed E-state index contributed by atoms with van der Waals surface area (Å²) in [6.07, 6.45) is 5.04. The van der Waals surface area contributed by atoms with E-state index in [1.54, 1.807) is 0 Å². The summed E-state index contributed by atoms with van der Waals surface area (Å²) in [4.78, 5) is 13.9. The van der Waals surface area contributed by atoms with Gasteiger partial charge in [0, 0.05) is 18.7 Å². The molecule has 0 spiro atoms. The van der Waals surface area contributed by atoms with Gasteiger partial charge in [-0.05, 0) is 38.6 Å². The molecule has 0 bridgehead atoms. The fraction of sp³-hybridized carbons (Fsp3) is 0.750. The van der Waals surface area contributed by atoms with Gasteiger partial charge in [0.05, 0.1) is 0 Å². The van der Waals surface area contributed by atoms with Crippen LogP contribution in [0.25, 0.3) is 0 Å². The highest BCUT2D eigenvalue weighted by molar-refractivity contribution is 5.92. The molecule has 0 aliphatic carbocycles. The molecule has 0 saturated carbocycles. The third-order valence-electron chi connectivity index (χ3n) is 3.08. The maximum atomic E-state index is 11.9. The van der Waals surface area contributed by atoms with Gasteiger partial charge in [-0.25, -0.2) is 0 Å². The molecule has 0 aromatic carbocycles. The fourth-order valence-electron chi connectivity index (χ4n) is 2.01. The quantitative estimate of drug-likeness (QED) is 0.718. The topological polar surface area (TPSA) is 46.3 Å². The first-order valence-corrected chi connectivity index (χ1v) is 5.85. The summed E-state index contributed by atoms with van der Waals surface area (Å²) < 4.78 is 0. The molecule has 2 N–H and O–H groups in total. The average Bonchev–Trinajstić information content (AvgIpc) is 2.28. The lowest BCUT2D eigenvalue weighted by molar-refractivity contribution is -0.128. The van der Waals surface area contributed by atoms with E-state index in [0.717, 1.165) is 44.5 Å². The van der Waals surface area contributed by atoms with E-state index in [1.165, 1.54) is 0 Å². The molecular formula is C12H22N2O. The third kappa shape index (κ3) is 3.34. The summed E-state index contributed by atoms with van der Waals surface area (Å²) in [7, 11) is 0. The molecular weight excluding hydrogens is 188 g/mol. The highest BCUT2D eigenvalue weighted by Crippen LogP contribution is 2.17. The predicted octanol–water partition coefficient (Wildman–Crippen LogP) is 1.54. The summed E-state index contributed by atoms with van der Waals surface area (Å²) in [5.74, 6) is 0.817. The first kappa shape index (κ1) is 12.2.